The van der Waals surface area contributed by atoms with E-state index in [0.717, 1.165) is 30.9 Å². The van der Waals surface area contributed by atoms with E-state index < -0.39 is 11.7 Å². The van der Waals surface area contributed by atoms with E-state index in [1.807, 2.05) is 31.2 Å². The minimum Gasteiger partial charge on any atom is -0.494 e. The molecule has 2 heterocycles. The zero-order valence-electron chi connectivity index (χ0n) is 19.6. The van der Waals surface area contributed by atoms with Crippen LogP contribution in [0.1, 0.15) is 49.4 Å². The number of benzene rings is 2. The molecule has 178 valence electrons. The number of aryl methyl sites for hydroxylation is 2. The molecule has 0 aliphatic carbocycles. The summed E-state index contributed by atoms with van der Waals surface area (Å²) in [6.07, 6.45) is -0.105. The van der Waals surface area contributed by atoms with Crippen molar-refractivity contribution in [2.45, 2.75) is 52.6 Å². The molecule has 0 radical (unpaired) electrons. The summed E-state index contributed by atoms with van der Waals surface area (Å²) in [5.74, 6) is 0.693. The van der Waals surface area contributed by atoms with Gasteiger partial charge in [-0.1, -0.05) is 43.9 Å². The van der Waals surface area contributed by atoms with Crippen molar-refractivity contribution in [2.75, 3.05) is 6.61 Å². The van der Waals surface area contributed by atoms with Crippen molar-refractivity contribution >= 4 is 11.0 Å². The summed E-state index contributed by atoms with van der Waals surface area (Å²) in [5, 5.41) is 4.42. The summed E-state index contributed by atoms with van der Waals surface area (Å²) < 4.78 is 49.4. The number of fused-ring (bicyclic) bond motifs is 1. The maximum atomic E-state index is 14.1. The number of rotatable bonds is 8. The van der Waals surface area contributed by atoms with Crippen molar-refractivity contribution in [2.24, 2.45) is 0 Å². The number of nitrogens with zero attached hydrogens (tertiary/aromatic N) is 3. The number of ether oxygens (including phenoxy) is 1. The monoisotopic (exact) mass is 467 g/mol. The molecule has 4 nitrogen and oxygen atoms in total. The van der Waals surface area contributed by atoms with Gasteiger partial charge in [0.05, 0.1) is 34.6 Å². The fraction of sp³-hybridized carbons (Fsp3) is 0.333. The van der Waals surface area contributed by atoms with Crippen molar-refractivity contribution < 1.29 is 17.9 Å². The molecule has 0 aliphatic heterocycles. The summed E-state index contributed by atoms with van der Waals surface area (Å²) >= 11 is 0. The van der Waals surface area contributed by atoms with Crippen LogP contribution in [-0.2, 0) is 6.18 Å². The van der Waals surface area contributed by atoms with Crippen molar-refractivity contribution in [1.82, 2.24) is 14.8 Å². The molecule has 7 heteroatoms. The van der Waals surface area contributed by atoms with E-state index in [-0.39, 0.29) is 22.4 Å². The van der Waals surface area contributed by atoms with Crippen LogP contribution < -0.4 is 4.74 Å². The summed E-state index contributed by atoms with van der Waals surface area (Å²) in [6.45, 7) is 6.31. The summed E-state index contributed by atoms with van der Waals surface area (Å²) in [5.41, 5.74) is 2.26. The van der Waals surface area contributed by atoms with E-state index in [2.05, 4.69) is 17.0 Å². The van der Waals surface area contributed by atoms with Crippen LogP contribution in [0.3, 0.4) is 0 Å². The number of aromatic nitrogens is 3. The normalized spacial score (nSPS) is 11.8. The van der Waals surface area contributed by atoms with E-state index in [4.69, 9.17) is 4.74 Å². The molecule has 0 atom stereocenters. The standard InChI is InChI=1S/C27H28F3N3O/c1-4-5-6-7-16-34-22-14-10-20(11-15-22)24-17-23(27(28,29)30)25-19(3)32-33(26(25)31-24)21-12-8-18(2)9-13-21/h8-15,17H,4-7,16H2,1-3H3. The molecule has 0 aliphatic rings. The van der Waals surface area contributed by atoms with Crippen LogP contribution in [0.5, 0.6) is 5.75 Å². The van der Waals surface area contributed by atoms with Gasteiger partial charge in [0, 0.05) is 5.56 Å². The van der Waals surface area contributed by atoms with Gasteiger partial charge in [-0.15, -0.1) is 0 Å². The second kappa shape index (κ2) is 9.87. The van der Waals surface area contributed by atoms with Gasteiger partial charge < -0.3 is 4.74 Å². The lowest BCUT2D eigenvalue weighted by Gasteiger charge is -2.12. The molecule has 4 rings (SSSR count). The Kier molecular flexibility index (Phi) is 6.91. The van der Waals surface area contributed by atoms with Crippen LogP contribution >= 0.6 is 0 Å². The maximum absolute atomic E-state index is 14.1. The van der Waals surface area contributed by atoms with Gasteiger partial charge in [-0.05, 0) is 62.7 Å². The number of unbranched alkanes of at least 4 members (excludes halogenated alkanes) is 3. The molecule has 2 aromatic heterocycles. The smallest absolute Gasteiger partial charge is 0.417 e. The van der Waals surface area contributed by atoms with Crippen molar-refractivity contribution in [3.05, 3.63) is 71.4 Å². The fourth-order valence-corrected chi connectivity index (χ4v) is 3.97. The number of hydrogen-bond acceptors (Lipinski definition) is 3. The molecule has 0 saturated heterocycles. The second-order valence-electron chi connectivity index (χ2n) is 8.52. The Labute approximate surface area is 197 Å². The van der Waals surface area contributed by atoms with Crippen LogP contribution in [0, 0.1) is 13.8 Å². The van der Waals surface area contributed by atoms with Gasteiger partial charge in [0.25, 0.3) is 0 Å². The third kappa shape index (κ3) is 5.08. The van der Waals surface area contributed by atoms with Crippen LogP contribution in [0.25, 0.3) is 28.0 Å². The molecule has 0 N–H and O–H groups in total. The zero-order valence-corrected chi connectivity index (χ0v) is 19.6. The Morgan fingerprint density at radius 2 is 1.62 bits per heavy atom. The van der Waals surface area contributed by atoms with Gasteiger partial charge in [0.1, 0.15) is 5.75 Å². The summed E-state index contributed by atoms with van der Waals surface area (Å²) in [6, 6.07) is 15.6. The third-order valence-electron chi connectivity index (χ3n) is 5.81. The molecule has 0 spiro atoms. The number of halogens is 3. The maximum Gasteiger partial charge on any atom is 0.417 e. The van der Waals surface area contributed by atoms with Gasteiger partial charge in [-0.2, -0.15) is 18.3 Å². The highest BCUT2D eigenvalue weighted by Gasteiger charge is 2.35. The fourth-order valence-electron chi connectivity index (χ4n) is 3.97. The third-order valence-corrected chi connectivity index (χ3v) is 5.81. The van der Waals surface area contributed by atoms with E-state index in [9.17, 15) is 13.2 Å². The van der Waals surface area contributed by atoms with Gasteiger partial charge in [-0.25, -0.2) is 9.67 Å². The minimum atomic E-state index is -4.54. The largest absolute Gasteiger partial charge is 0.494 e. The topological polar surface area (TPSA) is 39.9 Å². The highest BCUT2D eigenvalue weighted by molar-refractivity contribution is 5.87. The molecule has 4 aromatic rings. The first-order chi connectivity index (χ1) is 16.3. The molecular formula is C27H28F3N3O. The average Bonchev–Trinajstić information content (AvgIpc) is 3.15. The average molecular weight is 468 g/mol. The highest BCUT2D eigenvalue weighted by atomic mass is 19.4. The quantitative estimate of drug-likeness (QED) is 0.250. The Morgan fingerprint density at radius 1 is 0.912 bits per heavy atom. The van der Waals surface area contributed by atoms with Crippen LogP contribution in [0.4, 0.5) is 13.2 Å². The molecule has 2 aromatic carbocycles. The van der Waals surface area contributed by atoms with Crippen molar-refractivity contribution in [3.63, 3.8) is 0 Å². The van der Waals surface area contributed by atoms with Gasteiger partial charge in [-0.3, -0.25) is 0 Å². The van der Waals surface area contributed by atoms with Gasteiger partial charge >= 0.3 is 6.18 Å². The first-order valence-electron chi connectivity index (χ1n) is 11.6. The molecule has 0 bridgehead atoms. The Hall–Kier alpha value is -3.35. The highest BCUT2D eigenvalue weighted by Crippen LogP contribution is 2.38. The van der Waals surface area contributed by atoms with Crippen molar-refractivity contribution in [1.29, 1.82) is 0 Å². The van der Waals surface area contributed by atoms with Crippen LogP contribution in [-0.4, -0.2) is 21.4 Å². The second-order valence-corrected chi connectivity index (χ2v) is 8.52. The molecular weight excluding hydrogens is 439 g/mol. The Balaban J connectivity index is 1.73. The molecule has 0 saturated carbocycles. The molecule has 0 unspecified atom stereocenters. The summed E-state index contributed by atoms with van der Waals surface area (Å²) in [7, 11) is 0. The lowest BCUT2D eigenvalue weighted by molar-refractivity contribution is -0.136. The van der Waals surface area contributed by atoms with Gasteiger partial charge in [0.15, 0.2) is 5.65 Å². The molecule has 34 heavy (non-hydrogen) atoms. The van der Waals surface area contributed by atoms with Crippen LogP contribution in [0.2, 0.25) is 0 Å². The van der Waals surface area contributed by atoms with Crippen LogP contribution in [0.15, 0.2) is 54.6 Å². The lowest BCUT2D eigenvalue weighted by Crippen LogP contribution is -2.08. The predicted octanol–water partition coefficient (Wildman–Crippen LogP) is 7.68. The predicted molar refractivity (Wildman–Crippen MR) is 128 cm³/mol. The van der Waals surface area contributed by atoms with E-state index in [0.29, 0.717) is 23.6 Å². The van der Waals surface area contributed by atoms with E-state index >= 15 is 0 Å². The number of alkyl halides is 3. The summed E-state index contributed by atoms with van der Waals surface area (Å²) in [4.78, 5) is 4.62. The van der Waals surface area contributed by atoms with Crippen molar-refractivity contribution in [3.8, 4) is 22.7 Å². The minimum absolute atomic E-state index is 0.0175. The Bertz CT molecular complexity index is 1260. The number of hydrogen-bond donors (Lipinski definition) is 0. The number of pyridine rings is 1. The van der Waals surface area contributed by atoms with E-state index in [1.165, 1.54) is 11.1 Å². The van der Waals surface area contributed by atoms with E-state index in [1.54, 1.807) is 31.2 Å². The Morgan fingerprint density at radius 3 is 2.26 bits per heavy atom. The zero-order chi connectivity index (χ0) is 24.3. The molecule has 0 fully saturated rings. The SMILES string of the molecule is CCCCCCOc1ccc(-c2cc(C(F)(F)F)c3c(C)nn(-c4ccc(C)cc4)c3n2)cc1. The lowest BCUT2D eigenvalue weighted by atomic mass is 10.0. The van der Waals surface area contributed by atoms with Gasteiger partial charge in [0.2, 0.25) is 0 Å². The first-order valence-corrected chi connectivity index (χ1v) is 11.6. The molecule has 0 amide bonds. The first kappa shape index (κ1) is 23.8.